The first-order chi connectivity index (χ1) is 10.1. The van der Waals surface area contributed by atoms with Gasteiger partial charge in [-0.15, -0.1) is 0 Å². The maximum Gasteiger partial charge on any atom is 0.241 e. The van der Waals surface area contributed by atoms with Crippen LogP contribution in [0.25, 0.3) is 0 Å². The number of hydrogen-bond donors (Lipinski definition) is 1. The Labute approximate surface area is 131 Å². The van der Waals surface area contributed by atoms with Crippen LogP contribution in [0.15, 0.2) is 24.3 Å². The highest BCUT2D eigenvalue weighted by molar-refractivity contribution is 7.98. The van der Waals surface area contributed by atoms with Crippen LogP contribution in [0.2, 0.25) is 0 Å². The first kappa shape index (κ1) is 16.2. The average molecular weight is 308 g/mol. The van der Waals surface area contributed by atoms with E-state index in [1.165, 1.54) is 0 Å². The van der Waals surface area contributed by atoms with E-state index < -0.39 is 0 Å². The highest BCUT2D eigenvalue weighted by Gasteiger charge is 2.41. The molecule has 0 bridgehead atoms. The minimum absolute atomic E-state index is 0.110. The molecule has 0 aromatic heterocycles. The Kier molecular flexibility index (Phi) is 5.53. The monoisotopic (exact) mass is 308 g/mol. The summed E-state index contributed by atoms with van der Waals surface area (Å²) in [6.45, 7) is 4.06. The van der Waals surface area contributed by atoms with Crippen LogP contribution in [0.1, 0.15) is 32.0 Å². The molecule has 0 spiro atoms. The molecule has 0 aliphatic carbocycles. The zero-order valence-electron chi connectivity index (χ0n) is 13.1. The van der Waals surface area contributed by atoms with Crippen molar-refractivity contribution >= 4 is 17.7 Å². The van der Waals surface area contributed by atoms with E-state index in [0.29, 0.717) is 0 Å². The Morgan fingerprint density at radius 1 is 1.43 bits per heavy atom. The molecule has 5 heteroatoms. The number of nitrogens with one attached hydrogen (secondary N) is 1. The van der Waals surface area contributed by atoms with Gasteiger partial charge in [-0.25, -0.2) is 0 Å². The molecule has 0 radical (unpaired) electrons. The van der Waals surface area contributed by atoms with Crippen LogP contribution in [-0.2, 0) is 4.79 Å². The number of methoxy groups -OCH3 is 1. The molecule has 2 rings (SSSR count). The second kappa shape index (κ2) is 7.18. The molecule has 4 nitrogen and oxygen atoms in total. The van der Waals surface area contributed by atoms with E-state index >= 15 is 0 Å². The van der Waals surface area contributed by atoms with Crippen molar-refractivity contribution in [2.24, 2.45) is 0 Å². The Morgan fingerprint density at radius 3 is 2.76 bits per heavy atom. The summed E-state index contributed by atoms with van der Waals surface area (Å²) in [6, 6.07) is 7.99. The second-order valence-electron chi connectivity index (χ2n) is 5.30. The van der Waals surface area contributed by atoms with Crippen molar-refractivity contribution in [2.45, 2.75) is 38.5 Å². The second-order valence-corrected chi connectivity index (χ2v) is 6.21. The molecule has 1 aliphatic heterocycles. The number of thioether (sulfide) groups is 1. The van der Waals surface area contributed by atoms with Crippen molar-refractivity contribution < 1.29 is 9.53 Å². The highest BCUT2D eigenvalue weighted by atomic mass is 32.2. The maximum atomic E-state index is 12.6. The Balaban J connectivity index is 2.37. The Hall–Kier alpha value is -1.20. The summed E-state index contributed by atoms with van der Waals surface area (Å²) in [5.41, 5.74) is 1.03. The van der Waals surface area contributed by atoms with Crippen molar-refractivity contribution in [1.29, 1.82) is 0 Å². The van der Waals surface area contributed by atoms with Crippen LogP contribution in [0, 0.1) is 0 Å². The summed E-state index contributed by atoms with van der Waals surface area (Å²) in [5.74, 6) is 1.94. The fourth-order valence-corrected chi connectivity index (χ4v) is 3.63. The molecule has 0 saturated carbocycles. The van der Waals surface area contributed by atoms with Crippen molar-refractivity contribution in [2.75, 3.05) is 19.1 Å². The van der Waals surface area contributed by atoms with Crippen molar-refractivity contribution in [1.82, 2.24) is 10.2 Å². The lowest BCUT2D eigenvalue weighted by Gasteiger charge is -2.32. The molecule has 1 aromatic rings. The van der Waals surface area contributed by atoms with Gasteiger partial charge in [0.2, 0.25) is 5.91 Å². The van der Waals surface area contributed by atoms with Crippen LogP contribution in [0.4, 0.5) is 0 Å². The van der Waals surface area contributed by atoms with Gasteiger partial charge in [-0.05, 0) is 25.7 Å². The number of rotatable bonds is 6. The predicted octanol–water partition coefficient (Wildman–Crippen LogP) is 2.66. The van der Waals surface area contributed by atoms with Gasteiger partial charge in [0.05, 0.1) is 13.2 Å². The van der Waals surface area contributed by atoms with E-state index in [-0.39, 0.29) is 24.2 Å². The summed E-state index contributed by atoms with van der Waals surface area (Å²) in [7, 11) is 1.67. The van der Waals surface area contributed by atoms with Gasteiger partial charge in [-0.3, -0.25) is 10.1 Å². The average Bonchev–Trinajstić information content (AvgIpc) is 2.80. The zero-order chi connectivity index (χ0) is 15.4. The van der Waals surface area contributed by atoms with Crippen molar-refractivity contribution in [3.05, 3.63) is 29.8 Å². The number of ether oxygens (including phenoxy) is 1. The highest BCUT2D eigenvalue weighted by Crippen LogP contribution is 2.34. The first-order valence-electron chi connectivity index (χ1n) is 7.34. The van der Waals surface area contributed by atoms with Crippen LogP contribution in [0.3, 0.4) is 0 Å². The summed E-state index contributed by atoms with van der Waals surface area (Å²) in [4.78, 5) is 14.6. The lowest BCUT2D eigenvalue weighted by atomic mass is 10.1. The Morgan fingerprint density at radius 2 is 2.14 bits per heavy atom. The minimum Gasteiger partial charge on any atom is -0.496 e. The number of para-hydroxylation sites is 1. The molecular formula is C16H24N2O2S. The predicted molar refractivity (Wildman–Crippen MR) is 87.6 cm³/mol. The van der Waals surface area contributed by atoms with Gasteiger partial charge in [-0.1, -0.05) is 25.1 Å². The molecule has 21 heavy (non-hydrogen) atoms. The maximum absolute atomic E-state index is 12.6. The number of amides is 1. The fourth-order valence-electron chi connectivity index (χ4n) is 2.85. The standard InChI is InChI=1S/C16H24N2O2S/c1-5-12(10-21-4)18-15(17-11(2)16(18)19)13-8-6-7-9-14(13)20-3/h6-9,11-12,15,17H,5,10H2,1-4H3. The van der Waals surface area contributed by atoms with Gasteiger partial charge in [0, 0.05) is 17.4 Å². The van der Waals surface area contributed by atoms with Crippen LogP contribution >= 0.6 is 11.8 Å². The normalized spacial score (nSPS) is 23.4. The zero-order valence-corrected chi connectivity index (χ0v) is 13.9. The molecule has 1 saturated heterocycles. The molecule has 1 amide bonds. The minimum atomic E-state index is -0.157. The fraction of sp³-hybridized carbons (Fsp3) is 0.562. The van der Waals surface area contributed by atoms with E-state index in [1.54, 1.807) is 18.9 Å². The SMILES string of the molecule is CCC(CSC)N1C(=O)C(C)NC1c1ccccc1OC. The number of benzene rings is 1. The topological polar surface area (TPSA) is 41.6 Å². The molecule has 116 valence electrons. The Bertz CT molecular complexity index is 495. The lowest BCUT2D eigenvalue weighted by Crippen LogP contribution is -2.41. The first-order valence-corrected chi connectivity index (χ1v) is 8.73. The summed E-state index contributed by atoms with van der Waals surface area (Å²) >= 11 is 1.78. The smallest absolute Gasteiger partial charge is 0.241 e. The van der Waals surface area contributed by atoms with Gasteiger partial charge in [-0.2, -0.15) is 11.8 Å². The quantitative estimate of drug-likeness (QED) is 0.877. The number of nitrogens with zero attached hydrogens (tertiary/aromatic N) is 1. The van der Waals surface area contributed by atoms with Crippen molar-refractivity contribution in [3.8, 4) is 5.75 Å². The summed E-state index contributed by atoms with van der Waals surface area (Å²) in [6.07, 6.45) is 2.92. The molecule has 1 heterocycles. The van der Waals surface area contributed by atoms with Gasteiger partial charge in [0.15, 0.2) is 0 Å². The molecule has 1 aliphatic rings. The van der Waals surface area contributed by atoms with Gasteiger partial charge in [0.25, 0.3) is 0 Å². The third-order valence-electron chi connectivity index (χ3n) is 3.97. The van der Waals surface area contributed by atoms with Crippen LogP contribution < -0.4 is 10.1 Å². The van der Waals surface area contributed by atoms with E-state index in [2.05, 4.69) is 18.5 Å². The van der Waals surface area contributed by atoms with Crippen molar-refractivity contribution in [3.63, 3.8) is 0 Å². The third kappa shape index (κ3) is 3.19. The van der Waals surface area contributed by atoms with Gasteiger partial charge < -0.3 is 9.64 Å². The number of carbonyl (C=O) groups excluding carboxylic acids is 1. The molecular weight excluding hydrogens is 284 g/mol. The number of carbonyl (C=O) groups is 1. The number of hydrogen-bond acceptors (Lipinski definition) is 4. The summed E-state index contributed by atoms with van der Waals surface area (Å²) < 4.78 is 5.47. The largest absolute Gasteiger partial charge is 0.496 e. The third-order valence-corrected chi connectivity index (χ3v) is 4.69. The molecule has 1 aromatic carbocycles. The van der Waals surface area contributed by atoms with E-state index in [9.17, 15) is 4.79 Å². The molecule has 1 N–H and O–H groups in total. The van der Waals surface area contributed by atoms with Gasteiger partial charge >= 0.3 is 0 Å². The van der Waals surface area contributed by atoms with Crippen LogP contribution in [-0.4, -0.2) is 42.0 Å². The van der Waals surface area contributed by atoms with E-state index in [0.717, 1.165) is 23.5 Å². The van der Waals surface area contributed by atoms with E-state index in [1.807, 2.05) is 36.1 Å². The molecule has 1 fully saturated rings. The molecule has 3 atom stereocenters. The summed E-state index contributed by atoms with van der Waals surface area (Å²) in [5, 5.41) is 3.41. The van der Waals surface area contributed by atoms with E-state index in [4.69, 9.17) is 4.74 Å². The van der Waals surface area contributed by atoms with Crippen LogP contribution in [0.5, 0.6) is 5.75 Å². The lowest BCUT2D eigenvalue weighted by molar-refractivity contribution is -0.131. The van der Waals surface area contributed by atoms with Gasteiger partial charge in [0.1, 0.15) is 11.9 Å². The molecule has 3 unspecified atom stereocenters.